The summed E-state index contributed by atoms with van der Waals surface area (Å²) in [6, 6.07) is 5.83. The third kappa shape index (κ3) is 4.08. The largest absolute Gasteiger partial charge is 0.382 e. The summed E-state index contributed by atoms with van der Waals surface area (Å²) in [4.78, 5) is -0.0542. The second-order valence-electron chi connectivity index (χ2n) is 4.90. The van der Waals surface area contributed by atoms with Crippen LogP contribution < -0.4 is 5.32 Å². The average Bonchev–Trinajstić information content (AvgIpc) is 2.89. The van der Waals surface area contributed by atoms with Crippen molar-refractivity contribution in [2.45, 2.75) is 16.3 Å². The Morgan fingerprint density at radius 3 is 2.41 bits per heavy atom. The number of aromatic nitrogens is 2. The van der Waals surface area contributed by atoms with Crippen LogP contribution in [0.3, 0.4) is 0 Å². The third-order valence-electron chi connectivity index (χ3n) is 3.00. The van der Waals surface area contributed by atoms with Gasteiger partial charge < -0.3 is 5.32 Å². The molecule has 22 heavy (non-hydrogen) atoms. The minimum atomic E-state index is -3.55. The van der Waals surface area contributed by atoms with E-state index in [9.17, 15) is 16.8 Å². The molecule has 1 aromatic heterocycles. The van der Waals surface area contributed by atoms with Gasteiger partial charge in [0.25, 0.3) is 0 Å². The number of nitrogens with zero attached hydrogens (tertiary/aromatic N) is 2. The number of benzene rings is 1. The highest BCUT2D eigenvalue weighted by Gasteiger charge is 2.17. The van der Waals surface area contributed by atoms with Gasteiger partial charge in [-0.15, -0.1) is 0 Å². The van der Waals surface area contributed by atoms with Gasteiger partial charge in [0.05, 0.1) is 22.0 Å². The van der Waals surface area contributed by atoms with Crippen LogP contribution in [0.15, 0.2) is 46.5 Å². The first-order valence-electron chi connectivity index (χ1n) is 6.43. The summed E-state index contributed by atoms with van der Waals surface area (Å²) in [5.41, 5.74) is 0.377. The van der Waals surface area contributed by atoms with E-state index in [1.807, 2.05) is 0 Å². The van der Waals surface area contributed by atoms with Gasteiger partial charge in [-0.2, -0.15) is 5.10 Å². The third-order valence-corrected chi connectivity index (χ3v) is 5.24. The summed E-state index contributed by atoms with van der Waals surface area (Å²) in [5, 5.41) is 7.05. The molecule has 0 saturated heterocycles. The van der Waals surface area contributed by atoms with E-state index in [0.29, 0.717) is 18.8 Å². The summed E-state index contributed by atoms with van der Waals surface area (Å²) in [7, 11) is -7.01. The molecule has 0 amide bonds. The van der Waals surface area contributed by atoms with Crippen LogP contribution in [0.25, 0.3) is 0 Å². The summed E-state index contributed by atoms with van der Waals surface area (Å²) >= 11 is 0. The normalized spacial score (nSPS) is 12.3. The van der Waals surface area contributed by atoms with Gasteiger partial charge in [-0.3, -0.25) is 4.68 Å². The number of nitrogens with one attached hydrogen (secondary N) is 1. The minimum Gasteiger partial charge on any atom is -0.382 e. The molecule has 9 heteroatoms. The lowest BCUT2D eigenvalue weighted by molar-refractivity contribution is 0.600. The molecule has 0 radical (unpaired) electrons. The van der Waals surface area contributed by atoms with E-state index in [0.717, 1.165) is 12.5 Å². The van der Waals surface area contributed by atoms with Gasteiger partial charge in [-0.05, 0) is 24.3 Å². The van der Waals surface area contributed by atoms with E-state index < -0.39 is 19.7 Å². The van der Waals surface area contributed by atoms with Crippen molar-refractivity contribution in [1.29, 1.82) is 0 Å². The van der Waals surface area contributed by atoms with Gasteiger partial charge in [0.15, 0.2) is 19.7 Å². The SMILES string of the molecule is CS(=O)(=O)c1ccc(NCCn2cccn2)c(S(C)(=O)=O)c1. The number of hydrogen-bond acceptors (Lipinski definition) is 6. The molecule has 0 fully saturated rings. The lowest BCUT2D eigenvalue weighted by Gasteiger charge is -2.12. The first-order valence-corrected chi connectivity index (χ1v) is 10.2. The van der Waals surface area contributed by atoms with Crippen LogP contribution in [0.5, 0.6) is 0 Å². The van der Waals surface area contributed by atoms with Crippen LogP contribution in [0.1, 0.15) is 0 Å². The summed E-state index contributed by atoms with van der Waals surface area (Å²) in [6.07, 6.45) is 5.54. The van der Waals surface area contributed by atoms with Crippen LogP contribution in [0, 0.1) is 0 Å². The summed E-state index contributed by atoms with van der Waals surface area (Å²) in [5.74, 6) is 0. The van der Waals surface area contributed by atoms with Crippen LogP contribution in [-0.4, -0.2) is 45.7 Å². The highest BCUT2D eigenvalue weighted by atomic mass is 32.2. The van der Waals surface area contributed by atoms with E-state index in [-0.39, 0.29) is 9.79 Å². The van der Waals surface area contributed by atoms with Gasteiger partial charge >= 0.3 is 0 Å². The zero-order valence-corrected chi connectivity index (χ0v) is 13.9. The molecule has 120 valence electrons. The van der Waals surface area contributed by atoms with E-state index in [1.165, 1.54) is 18.2 Å². The van der Waals surface area contributed by atoms with Gasteiger partial charge in [0.1, 0.15) is 0 Å². The van der Waals surface area contributed by atoms with E-state index >= 15 is 0 Å². The monoisotopic (exact) mass is 343 g/mol. The molecule has 0 aliphatic carbocycles. The van der Waals surface area contributed by atoms with Gasteiger partial charge in [0.2, 0.25) is 0 Å². The number of rotatable bonds is 6. The molecule has 1 N–H and O–H groups in total. The van der Waals surface area contributed by atoms with E-state index in [4.69, 9.17) is 0 Å². The molecule has 0 aliphatic heterocycles. The van der Waals surface area contributed by atoms with Gasteiger partial charge in [-0.25, -0.2) is 16.8 Å². The molecule has 0 saturated carbocycles. The number of hydrogen-bond donors (Lipinski definition) is 1. The predicted molar refractivity (Wildman–Crippen MR) is 83.4 cm³/mol. The van der Waals surface area contributed by atoms with Crippen molar-refractivity contribution >= 4 is 25.4 Å². The van der Waals surface area contributed by atoms with E-state index in [2.05, 4.69) is 10.4 Å². The molecule has 0 aliphatic rings. The first-order chi connectivity index (χ1) is 10.2. The topological polar surface area (TPSA) is 98.1 Å². The maximum absolute atomic E-state index is 11.9. The average molecular weight is 343 g/mol. The quantitative estimate of drug-likeness (QED) is 0.833. The van der Waals surface area contributed by atoms with E-state index in [1.54, 1.807) is 23.1 Å². The highest BCUT2D eigenvalue weighted by molar-refractivity contribution is 7.91. The summed E-state index contributed by atoms with van der Waals surface area (Å²) < 4.78 is 48.6. The number of sulfone groups is 2. The van der Waals surface area contributed by atoms with Crippen molar-refractivity contribution in [2.24, 2.45) is 0 Å². The van der Waals surface area contributed by atoms with Crippen molar-refractivity contribution in [3.05, 3.63) is 36.7 Å². The molecule has 0 unspecified atom stereocenters. The molecule has 0 spiro atoms. The Kier molecular flexibility index (Phi) is 4.57. The lowest BCUT2D eigenvalue weighted by atomic mass is 10.3. The minimum absolute atomic E-state index is 0.0226. The van der Waals surface area contributed by atoms with Crippen LogP contribution in [0.2, 0.25) is 0 Å². The Hall–Kier alpha value is -1.87. The predicted octanol–water partition coefficient (Wildman–Crippen LogP) is 0.802. The maximum Gasteiger partial charge on any atom is 0.177 e. The fourth-order valence-electron chi connectivity index (χ4n) is 1.92. The van der Waals surface area contributed by atoms with Crippen molar-refractivity contribution in [3.63, 3.8) is 0 Å². The first kappa shape index (κ1) is 16.5. The molecule has 0 bridgehead atoms. The zero-order valence-electron chi connectivity index (χ0n) is 12.2. The van der Waals surface area contributed by atoms with Crippen LogP contribution >= 0.6 is 0 Å². The molecule has 1 heterocycles. The maximum atomic E-state index is 11.9. The van der Waals surface area contributed by atoms with Gasteiger partial charge in [-0.1, -0.05) is 0 Å². The molecule has 1 aromatic carbocycles. The van der Waals surface area contributed by atoms with Crippen molar-refractivity contribution < 1.29 is 16.8 Å². The van der Waals surface area contributed by atoms with Gasteiger partial charge in [0, 0.05) is 31.4 Å². The Labute approximate surface area is 129 Å². The van der Waals surface area contributed by atoms with Crippen molar-refractivity contribution in [1.82, 2.24) is 9.78 Å². The highest BCUT2D eigenvalue weighted by Crippen LogP contribution is 2.25. The Balaban J connectivity index is 2.27. The molecule has 2 aromatic rings. The second kappa shape index (κ2) is 6.09. The molecule has 0 atom stereocenters. The van der Waals surface area contributed by atoms with Crippen molar-refractivity contribution in [3.8, 4) is 0 Å². The second-order valence-corrected chi connectivity index (χ2v) is 8.90. The smallest absolute Gasteiger partial charge is 0.177 e. The van der Waals surface area contributed by atoms with Crippen molar-refractivity contribution in [2.75, 3.05) is 24.4 Å². The van der Waals surface area contributed by atoms with Crippen LogP contribution in [-0.2, 0) is 26.2 Å². The molecular weight excluding hydrogens is 326 g/mol. The molecule has 2 rings (SSSR count). The lowest BCUT2D eigenvalue weighted by Crippen LogP contribution is -2.13. The fourth-order valence-corrected chi connectivity index (χ4v) is 3.53. The Bertz CT molecular complexity index is 857. The Morgan fingerprint density at radius 2 is 1.86 bits per heavy atom. The van der Waals surface area contributed by atoms with Crippen LogP contribution in [0.4, 0.5) is 5.69 Å². The zero-order chi connectivity index (χ0) is 16.4. The summed E-state index contributed by atoms with van der Waals surface area (Å²) in [6.45, 7) is 1.02. The fraction of sp³-hybridized carbons (Fsp3) is 0.308. The number of anilines is 1. The molecule has 7 nitrogen and oxygen atoms in total. The Morgan fingerprint density at radius 1 is 1.14 bits per heavy atom. The standard InChI is InChI=1S/C13H17N3O4S2/c1-21(17,18)11-4-5-12(13(10-11)22(2,19)20)14-7-9-16-8-3-6-15-16/h3-6,8,10,14H,7,9H2,1-2H3. The molecular formula is C13H17N3O4S2.